The highest BCUT2D eigenvalue weighted by atomic mass is 16.3. The van der Waals surface area contributed by atoms with Crippen molar-refractivity contribution in [3.8, 4) is 0 Å². The third kappa shape index (κ3) is 3.25. The molecule has 2 aromatic rings. The van der Waals surface area contributed by atoms with Gasteiger partial charge in [-0.05, 0) is 38.4 Å². The number of carbonyl (C=O) groups excluding carboxylic acids is 2. The fraction of sp³-hybridized carbons (Fsp3) is 0.429. The van der Waals surface area contributed by atoms with Gasteiger partial charge in [0, 0.05) is 49.6 Å². The standard InChI is InChI=1S/C21H25N3O3/c1-22(2)13-21-14-23(19(25)16-7-4-3-5-8-16)11-17(21)12-24(15-21)20(26)18-9-6-10-27-18/h3-10,17H,11-15H2,1-2H3/t17-,21+/m1/s1. The molecule has 142 valence electrons. The molecular weight excluding hydrogens is 342 g/mol. The molecule has 2 aliphatic heterocycles. The molecule has 0 N–H and O–H groups in total. The monoisotopic (exact) mass is 367 g/mol. The van der Waals surface area contributed by atoms with E-state index in [-0.39, 0.29) is 23.1 Å². The van der Waals surface area contributed by atoms with Crippen molar-refractivity contribution >= 4 is 11.8 Å². The number of benzene rings is 1. The summed E-state index contributed by atoms with van der Waals surface area (Å²) in [6.45, 7) is 3.51. The molecule has 0 saturated carbocycles. The molecule has 1 aromatic heterocycles. The number of furan rings is 1. The average Bonchev–Trinajstić information content (AvgIpc) is 3.35. The highest BCUT2D eigenvalue weighted by Gasteiger charge is 2.54. The van der Waals surface area contributed by atoms with Crippen molar-refractivity contribution in [2.75, 3.05) is 46.8 Å². The molecule has 2 saturated heterocycles. The molecule has 4 rings (SSSR count). The van der Waals surface area contributed by atoms with Crippen LogP contribution in [0.3, 0.4) is 0 Å². The molecule has 27 heavy (non-hydrogen) atoms. The van der Waals surface area contributed by atoms with Crippen molar-refractivity contribution in [3.63, 3.8) is 0 Å². The van der Waals surface area contributed by atoms with Gasteiger partial charge in [0.25, 0.3) is 11.8 Å². The summed E-state index contributed by atoms with van der Waals surface area (Å²) in [5.74, 6) is 0.666. The zero-order valence-electron chi connectivity index (χ0n) is 15.8. The fourth-order valence-electron chi connectivity index (χ4n) is 4.66. The first kappa shape index (κ1) is 17.8. The first-order valence-electron chi connectivity index (χ1n) is 9.30. The summed E-state index contributed by atoms with van der Waals surface area (Å²) in [6.07, 6.45) is 1.53. The van der Waals surface area contributed by atoms with Crippen molar-refractivity contribution in [3.05, 3.63) is 60.1 Å². The van der Waals surface area contributed by atoms with Crippen molar-refractivity contribution in [1.82, 2.24) is 14.7 Å². The molecule has 2 fully saturated rings. The van der Waals surface area contributed by atoms with E-state index >= 15 is 0 Å². The molecule has 0 unspecified atom stereocenters. The second kappa shape index (κ2) is 6.85. The first-order valence-corrected chi connectivity index (χ1v) is 9.30. The maximum absolute atomic E-state index is 12.9. The van der Waals surface area contributed by atoms with Gasteiger partial charge >= 0.3 is 0 Å². The van der Waals surface area contributed by atoms with Crippen molar-refractivity contribution in [1.29, 1.82) is 0 Å². The molecule has 0 spiro atoms. The lowest BCUT2D eigenvalue weighted by atomic mass is 9.80. The number of carbonyl (C=O) groups is 2. The minimum Gasteiger partial charge on any atom is -0.459 e. The van der Waals surface area contributed by atoms with Crippen LogP contribution >= 0.6 is 0 Å². The summed E-state index contributed by atoms with van der Waals surface area (Å²) in [5.41, 5.74) is 0.622. The molecule has 0 radical (unpaired) electrons. The van der Waals surface area contributed by atoms with Crippen LogP contribution in [-0.4, -0.2) is 73.3 Å². The van der Waals surface area contributed by atoms with Gasteiger partial charge in [0.1, 0.15) is 0 Å². The summed E-state index contributed by atoms with van der Waals surface area (Å²) < 4.78 is 5.29. The van der Waals surface area contributed by atoms with Crippen molar-refractivity contribution in [2.45, 2.75) is 0 Å². The van der Waals surface area contributed by atoms with Gasteiger partial charge in [-0.25, -0.2) is 0 Å². The minimum atomic E-state index is -0.101. The molecule has 6 heteroatoms. The average molecular weight is 367 g/mol. The van der Waals surface area contributed by atoms with E-state index in [1.165, 1.54) is 6.26 Å². The van der Waals surface area contributed by atoms with Gasteiger partial charge in [-0.2, -0.15) is 0 Å². The summed E-state index contributed by atoms with van der Waals surface area (Å²) in [7, 11) is 4.09. The quantitative estimate of drug-likeness (QED) is 0.830. The van der Waals surface area contributed by atoms with E-state index in [9.17, 15) is 9.59 Å². The van der Waals surface area contributed by atoms with Gasteiger partial charge in [-0.15, -0.1) is 0 Å². The predicted molar refractivity (Wildman–Crippen MR) is 101 cm³/mol. The Labute approximate surface area is 159 Å². The predicted octanol–water partition coefficient (Wildman–Crippen LogP) is 2.06. The molecule has 6 nitrogen and oxygen atoms in total. The maximum Gasteiger partial charge on any atom is 0.289 e. The van der Waals surface area contributed by atoms with Gasteiger partial charge in [0.15, 0.2) is 5.76 Å². The SMILES string of the molecule is CN(C)C[C@@]12CN(C(=O)c3ccccc3)C[C@@H]1CN(C(=O)c1ccco1)C2. The van der Waals surface area contributed by atoms with E-state index in [1.807, 2.05) is 54.2 Å². The van der Waals surface area contributed by atoms with Crippen LogP contribution in [0.5, 0.6) is 0 Å². The summed E-state index contributed by atoms with van der Waals surface area (Å²) in [5, 5.41) is 0. The molecule has 3 heterocycles. The lowest BCUT2D eigenvalue weighted by Crippen LogP contribution is -2.43. The third-order valence-electron chi connectivity index (χ3n) is 5.72. The number of fused-ring (bicyclic) bond motifs is 1. The highest BCUT2D eigenvalue weighted by molar-refractivity contribution is 5.94. The van der Waals surface area contributed by atoms with Crippen LogP contribution in [0.2, 0.25) is 0 Å². The Morgan fingerprint density at radius 3 is 2.30 bits per heavy atom. The van der Waals surface area contributed by atoms with Gasteiger partial charge < -0.3 is 19.1 Å². The number of likely N-dealkylation sites (tertiary alicyclic amines) is 2. The third-order valence-corrected chi connectivity index (χ3v) is 5.72. The molecule has 2 atom stereocenters. The van der Waals surface area contributed by atoms with Gasteiger partial charge in [0.05, 0.1) is 6.26 Å². The smallest absolute Gasteiger partial charge is 0.289 e. The van der Waals surface area contributed by atoms with E-state index in [1.54, 1.807) is 12.1 Å². The van der Waals surface area contributed by atoms with Crippen molar-refractivity contribution < 1.29 is 14.0 Å². The largest absolute Gasteiger partial charge is 0.459 e. The van der Waals surface area contributed by atoms with E-state index in [0.717, 1.165) is 12.1 Å². The zero-order chi connectivity index (χ0) is 19.0. The summed E-state index contributed by atoms with van der Waals surface area (Å²) >= 11 is 0. The lowest BCUT2D eigenvalue weighted by Gasteiger charge is -2.32. The van der Waals surface area contributed by atoms with Gasteiger partial charge in [0.2, 0.25) is 0 Å². The topological polar surface area (TPSA) is 57.0 Å². The number of hydrogen-bond donors (Lipinski definition) is 0. The normalized spacial score (nSPS) is 24.5. The molecule has 2 amide bonds. The van der Waals surface area contributed by atoms with Crippen LogP contribution in [0.15, 0.2) is 53.1 Å². The molecule has 2 aliphatic rings. The number of amides is 2. The van der Waals surface area contributed by atoms with Crippen LogP contribution in [0, 0.1) is 11.3 Å². The Morgan fingerprint density at radius 2 is 1.70 bits per heavy atom. The molecule has 0 aliphatic carbocycles. The van der Waals surface area contributed by atoms with Crippen LogP contribution in [-0.2, 0) is 0 Å². The number of nitrogens with zero attached hydrogens (tertiary/aromatic N) is 3. The molecule has 0 bridgehead atoms. The minimum absolute atomic E-state index is 0.0616. The maximum atomic E-state index is 12.9. The van der Waals surface area contributed by atoms with Crippen LogP contribution < -0.4 is 0 Å². The van der Waals surface area contributed by atoms with Crippen LogP contribution in [0.4, 0.5) is 0 Å². The number of rotatable bonds is 4. The van der Waals surface area contributed by atoms with Crippen LogP contribution in [0.1, 0.15) is 20.9 Å². The highest BCUT2D eigenvalue weighted by Crippen LogP contribution is 2.43. The van der Waals surface area contributed by atoms with Crippen LogP contribution in [0.25, 0.3) is 0 Å². The molecular formula is C21H25N3O3. The zero-order valence-corrected chi connectivity index (χ0v) is 15.8. The lowest BCUT2D eigenvalue weighted by molar-refractivity contribution is 0.0683. The Hall–Kier alpha value is -2.60. The fourth-order valence-corrected chi connectivity index (χ4v) is 4.66. The Bertz CT molecular complexity index is 818. The second-order valence-electron chi connectivity index (χ2n) is 8.01. The second-order valence-corrected chi connectivity index (χ2v) is 8.01. The molecule has 1 aromatic carbocycles. The summed E-state index contributed by atoms with van der Waals surface area (Å²) in [6, 6.07) is 12.9. The van der Waals surface area contributed by atoms with E-state index < -0.39 is 0 Å². The Balaban J connectivity index is 1.54. The van der Waals surface area contributed by atoms with E-state index in [0.29, 0.717) is 31.9 Å². The Morgan fingerprint density at radius 1 is 1.04 bits per heavy atom. The van der Waals surface area contributed by atoms with E-state index in [2.05, 4.69) is 4.90 Å². The van der Waals surface area contributed by atoms with E-state index in [4.69, 9.17) is 4.42 Å². The number of hydrogen-bond acceptors (Lipinski definition) is 4. The van der Waals surface area contributed by atoms with Gasteiger partial charge in [-0.3, -0.25) is 9.59 Å². The summed E-state index contributed by atoms with van der Waals surface area (Å²) in [4.78, 5) is 31.7. The Kier molecular flexibility index (Phi) is 4.52. The van der Waals surface area contributed by atoms with Crippen molar-refractivity contribution in [2.24, 2.45) is 11.3 Å². The van der Waals surface area contributed by atoms with Gasteiger partial charge in [-0.1, -0.05) is 18.2 Å². The first-order chi connectivity index (χ1) is 13.0.